The minimum absolute atomic E-state index is 0.0351. The second-order valence-electron chi connectivity index (χ2n) is 8.40. The van der Waals surface area contributed by atoms with Crippen molar-refractivity contribution in [3.63, 3.8) is 0 Å². The monoisotopic (exact) mass is 391 g/mol. The third kappa shape index (κ3) is 6.08. The van der Waals surface area contributed by atoms with Crippen LogP contribution in [-0.4, -0.2) is 39.1 Å². The van der Waals surface area contributed by atoms with Crippen LogP contribution < -0.4 is 0 Å². The first-order valence-electron chi connectivity index (χ1n) is 10.3. The average molecular weight is 392 g/mol. The SMILES string of the molecule is CCCCC(C)(O)C/C=C/[C@@H]1[C@H]2C/C(=C(\C#N)CCCC(=O)O)O[C@H]2C[C@H]1O. The van der Waals surface area contributed by atoms with Gasteiger partial charge >= 0.3 is 5.97 Å². The van der Waals surface area contributed by atoms with E-state index in [1.54, 1.807) is 0 Å². The largest absolute Gasteiger partial charge is 0.493 e. The lowest BCUT2D eigenvalue weighted by molar-refractivity contribution is -0.137. The molecule has 5 atom stereocenters. The number of fused-ring (bicyclic) bond motifs is 1. The highest BCUT2D eigenvalue weighted by Gasteiger charge is 2.47. The average Bonchev–Trinajstić information content (AvgIpc) is 3.15. The van der Waals surface area contributed by atoms with Gasteiger partial charge < -0.3 is 20.1 Å². The summed E-state index contributed by atoms with van der Waals surface area (Å²) in [5, 5.41) is 39.0. The van der Waals surface area contributed by atoms with Crippen LogP contribution in [0.15, 0.2) is 23.5 Å². The Bertz CT molecular complexity index is 646. The lowest BCUT2D eigenvalue weighted by Gasteiger charge is -2.22. The number of carbonyl (C=O) groups is 1. The summed E-state index contributed by atoms with van der Waals surface area (Å²) < 4.78 is 5.96. The van der Waals surface area contributed by atoms with Crippen LogP contribution in [0.1, 0.15) is 71.6 Å². The molecule has 0 aromatic carbocycles. The van der Waals surface area contributed by atoms with Crippen molar-refractivity contribution in [3.8, 4) is 6.07 Å². The molecule has 6 heteroatoms. The highest BCUT2D eigenvalue weighted by molar-refractivity contribution is 5.66. The van der Waals surface area contributed by atoms with Crippen molar-refractivity contribution >= 4 is 5.97 Å². The quantitative estimate of drug-likeness (QED) is 0.387. The van der Waals surface area contributed by atoms with E-state index in [4.69, 9.17) is 9.84 Å². The number of hydrogen-bond acceptors (Lipinski definition) is 5. The van der Waals surface area contributed by atoms with E-state index in [0.29, 0.717) is 43.4 Å². The number of aliphatic carboxylic acids is 1. The molecule has 2 rings (SSSR count). The predicted octanol–water partition coefficient (Wildman–Crippen LogP) is 3.69. The Morgan fingerprint density at radius 1 is 1.39 bits per heavy atom. The third-order valence-corrected chi connectivity index (χ3v) is 5.88. The summed E-state index contributed by atoms with van der Waals surface area (Å²) in [6.45, 7) is 3.94. The van der Waals surface area contributed by atoms with Gasteiger partial charge in [0.15, 0.2) is 0 Å². The van der Waals surface area contributed by atoms with Crippen LogP contribution in [-0.2, 0) is 9.53 Å². The summed E-state index contributed by atoms with van der Waals surface area (Å²) in [7, 11) is 0. The number of allylic oxidation sites excluding steroid dienone is 2. The number of hydrogen-bond donors (Lipinski definition) is 3. The van der Waals surface area contributed by atoms with Crippen molar-refractivity contribution in [1.29, 1.82) is 5.26 Å². The zero-order valence-electron chi connectivity index (χ0n) is 16.9. The molecule has 0 aromatic rings. The molecule has 1 saturated heterocycles. The van der Waals surface area contributed by atoms with E-state index in [-0.39, 0.29) is 24.4 Å². The maximum absolute atomic E-state index is 10.7. The molecule has 156 valence electrons. The fourth-order valence-corrected chi connectivity index (χ4v) is 4.23. The molecule has 1 aliphatic carbocycles. The van der Waals surface area contributed by atoms with E-state index in [0.717, 1.165) is 19.3 Å². The number of rotatable bonds is 10. The second-order valence-corrected chi connectivity index (χ2v) is 8.40. The van der Waals surface area contributed by atoms with Gasteiger partial charge in [-0.25, -0.2) is 0 Å². The van der Waals surface area contributed by atoms with E-state index in [1.165, 1.54) is 0 Å². The van der Waals surface area contributed by atoms with Gasteiger partial charge in [0, 0.05) is 31.1 Å². The van der Waals surface area contributed by atoms with E-state index in [9.17, 15) is 20.3 Å². The Hall–Kier alpha value is -1.84. The number of nitriles is 1. The first kappa shape index (κ1) is 22.4. The van der Waals surface area contributed by atoms with Crippen molar-refractivity contribution in [2.45, 2.75) is 89.4 Å². The van der Waals surface area contributed by atoms with Crippen molar-refractivity contribution in [1.82, 2.24) is 0 Å². The molecule has 0 aromatic heterocycles. The molecule has 2 aliphatic rings. The van der Waals surface area contributed by atoms with Gasteiger partial charge in [-0.05, 0) is 32.6 Å². The van der Waals surface area contributed by atoms with Crippen molar-refractivity contribution in [3.05, 3.63) is 23.5 Å². The molecule has 6 nitrogen and oxygen atoms in total. The van der Waals surface area contributed by atoms with Crippen molar-refractivity contribution in [2.24, 2.45) is 11.8 Å². The van der Waals surface area contributed by atoms with Gasteiger partial charge in [0.05, 0.1) is 23.3 Å². The molecule has 1 heterocycles. The summed E-state index contributed by atoms with van der Waals surface area (Å²) >= 11 is 0. The number of carboxylic acid groups (broad SMARTS) is 1. The van der Waals surface area contributed by atoms with Gasteiger partial charge in [0.2, 0.25) is 0 Å². The number of nitrogens with zero attached hydrogens (tertiary/aromatic N) is 1. The van der Waals surface area contributed by atoms with Gasteiger partial charge in [-0.3, -0.25) is 4.79 Å². The lowest BCUT2D eigenvalue weighted by Crippen LogP contribution is -2.23. The minimum Gasteiger partial charge on any atom is -0.493 e. The molecule has 0 bridgehead atoms. The Kier molecular flexibility index (Phi) is 8.09. The number of carboxylic acids is 1. The zero-order chi connectivity index (χ0) is 20.7. The topological polar surface area (TPSA) is 111 Å². The minimum atomic E-state index is -0.866. The van der Waals surface area contributed by atoms with Crippen LogP contribution in [0.25, 0.3) is 0 Å². The predicted molar refractivity (Wildman–Crippen MR) is 105 cm³/mol. The first-order valence-corrected chi connectivity index (χ1v) is 10.3. The maximum Gasteiger partial charge on any atom is 0.303 e. The van der Waals surface area contributed by atoms with Crippen LogP contribution in [0.3, 0.4) is 0 Å². The molecule has 28 heavy (non-hydrogen) atoms. The molecule has 3 N–H and O–H groups in total. The summed E-state index contributed by atoms with van der Waals surface area (Å²) in [6, 6.07) is 2.16. The van der Waals surface area contributed by atoms with Crippen LogP contribution >= 0.6 is 0 Å². The molecule has 0 amide bonds. The fourth-order valence-electron chi connectivity index (χ4n) is 4.23. The standard InChI is InChI=1S/C22H33NO5/c1-3-4-10-22(2,27)11-6-8-16-17-12-19(28-20(17)13-18(16)24)15(14-23)7-5-9-21(25)26/h6,8,16-18,20,24,27H,3-5,7,9-13H2,1-2H3,(H,25,26)/b8-6+,19-15+/t16-,17-,18-,20+,22?/m1/s1. The van der Waals surface area contributed by atoms with Gasteiger partial charge in [-0.2, -0.15) is 5.26 Å². The molecular weight excluding hydrogens is 358 g/mol. The highest BCUT2D eigenvalue weighted by atomic mass is 16.5. The molecule has 1 aliphatic heterocycles. The van der Waals surface area contributed by atoms with Crippen LogP contribution in [0.2, 0.25) is 0 Å². The summed E-state index contributed by atoms with van der Waals surface area (Å²) in [5.74, 6) is -0.147. The first-order chi connectivity index (χ1) is 13.3. The number of ether oxygens (including phenoxy) is 1. The van der Waals surface area contributed by atoms with Crippen molar-refractivity contribution in [2.75, 3.05) is 0 Å². The van der Waals surface area contributed by atoms with Gasteiger partial charge in [-0.15, -0.1) is 0 Å². The molecule has 1 unspecified atom stereocenters. The fraction of sp³-hybridized carbons (Fsp3) is 0.727. The van der Waals surface area contributed by atoms with Gasteiger partial charge in [0.25, 0.3) is 0 Å². The molecule has 1 saturated carbocycles. The summed E-state index contributed by atoms with van der Waals surface area (Å²) in [4.78, 5) is 10.7. The number of aliphatic hydroxyl groups is 2. The zero-order valence-corrected chi connectivity index (χ0v) is 16.9. The number of aliphatic hydroxyl groups excluding tert-OH is 1. The number of unbranched alkanes of at least 4 members (excludes halogenated alkanes) is 1. The molecule has 0 spiro atoms. The molecule has 2 fully saturated rings. The molecule has 0 radical (unpaired) electrons. The molecular formula is C22H33NO5. The maximum atomic E-state index is 10.7. The Morgan fingerprint density at radius 3 is 2.79 bits per heavy atom. The van der Waals surface area contributed by atoms with E-state index in [1.807, 2.05) is 19.1 Å². The van der Waals surface area contributed by atoms with Crippen molar-refractivity contribution < 1.29 is 24.9 Å². The second kappa shape index (κ2) is 10.1. The summed E-state index contributed by atoms with van der Waals surface area (Å²) in [6.07, 6.45) is 8.69. The Morgan fingerprint density at radius 2 is 2.14 bits per heavy atom. The smallest absolute Gasteiger partial charge is 0.303 e. The van der Waals surface area contributed by atoms with Gasteiger partial charge in [-0.1, -0.05) is 31.9 Å². The summed E-state index contributed by atoms with van der Waals surface area (Å²) in [5.41, 5.74) is -0.208. The van der Waals surface area contributed by atoms with Crippen LogP contribution in [0.4, 0.5) is 0 Å². The lowest BCUT2D eigenvalue weighted by atomic mass is 9.88. The van der Waals surface area contributed by atoms with E-state index in [2.05, 4.69) is 13.0 Å². The van der Waals surface area contributed by atoms with Gasteiger partial charge in [0.1, 0.15) is 11.9 Å². The highest BCUT2D eigenvalue weighted by Crippen LogP contribution is 2.46. The Labute approximate surface area is 167 Å². The van der Waals surface area contributed by atoms with E-state index < -0.39 is 17.7 Å². The van der Waals surface area contributed by atoms with Crippen LogP contribution in [0, 0.1) is 23.2 Å². The normalized spacial score (nSPS) is 30.5. The van der Waals surface area contributed by atoms with Crippen LogP contribution in [0.5, 0.6) is 0 Å². The van der Waals surface area contributed by atoms with E-state index >= 15 is 0 Å². The third-order valence-electron chi connectivity index (χ3n) is 5.88. The Balaban J connectivity index is 1.98.